The first-order chi connectivity index (χ1) is 8.60. The standard InChI is InChI=1S/C11H13N5O2/c1-6-5-8(14-12)3-4-9(6)10(17)13-11-16-15-7(2)18-11/h3-5,14H,12H2,1-2H3,(H,13,16,17). The van der Waals surface area contributed by atoms with Gasteiger partial charge in [-0.1, -0.05) is 5.10 Å². The SMILES string of the molecule is Cc1nnc(NC(=O)c2ccc(NN)cc2C)o1. The Morgan fingerprint density at radius 1 is 1.33 bits per heavy atom. The number of hydrogen-bond donors (Lipinski definition) is 3. The van der Waals surface area contributed by atoms with Crippen molar-refractivity contribution < 1.29 is 9.21 Å². The highest BCUT2D eigenvalue weighted by molar-refractivity contribution is 6.04. The monoisotopic (exact) mass is 247 g/mol. The summed E-state index contributed by atoms with van der Waals surface area (Å²) >= 11 is 0. The molecular weight excluding hydrogens is 234 g/mol. The highest BCUT2D eigenvalue weighted by atomic mass is 16.4. The minimum absolute atomic E-state index is 0.0814. The third-order valence-corrected chi connectivity index (χ3v) is 2.38. The molecule has 0 bridgehead atoms. The number of aromatic nitrogens is 2. The normalized spacial score (nSPS) is 10.2. The molecule has 0 spiro atoms. The second-order valence-corrected chi connectivity index (χ2v) is 3.75. The van der Waals surface area contributed by atoms with Crippen molar-refractivity contribution in [2.45, 2.75) is 13.8 Å². The van der Waals surface area contributed by atoms with E-state index in [-0.39, 0.29) is 11.9 Å². The zero-order chi connectivity index (χ0) is 13.1. The van der Waals surface area contributed by atoms with Crippen LogP contribution in [0.2, 0.25) is 0 Å². The third kappa shape index (κ3) is 2.46. The maximum atomic E-state index is 12.0. The van der Waals surface area contributed by atoms with Gasteiger partial charge in [0.2, 0.25) is 5.89 Å². The summed E-state index contributed by atoms with van der Waals surface area (Å²) in [5.74, 6) is 5.37. The molecule has 2 rings (SSSR count). The zero-order valence-electron chi connectivity index (χ0n) is 10.0. The molecule has 0 aliphatic carbocycles. The number of nitrogen functional groups attached to an aromatic ring is 1. The van der Waals surface area contributed by atoms with Gasteiger partial charge < -0.3 is 9.84 Å². The number of nitrogens with two attached hydrogens (primary N) is 1. The fourth-order valence-electron chi connectivity index (χ4n) is 1.52. The number of nitrogens with one attached hydrogen (secondary N) is 2. The highest BCUT2D eigenvalue weighted by Crippen LogP contribution is 2.16. The van der Waals surface area contributed by atoms with E-state index in [2.05, 4.69) is 20.9 Å². The van der Waals surface area contributed by atoms with E-state index in [9.17, 15) is 4.79 Å². The van der Waals surface area contributed by atoms with Crippen LogP contribution in [0.1, 0.15) is 21.8 Å². The lowest BCUT2D eigenvalue weighted by molar-refractivity contribution is 0.102. The Bertz CT molecular complexity index is 579. The molecule has 0 fully saturated rings. The fourth-order valence-corrected chi connectivity index (χ4v) is 1.52. The van der Waals surface area contributed by atoms with Crippen molar-refractivity contribution in [2.75, 3.05) is 10.7 Å². The van der Waals surface area contributed by atoms with E-state index < -0.39 is 0 Å². The smallest absolute Gasteiger partial charge is 0.322 e. The van der Waals surface area contributed by atoms with Crippen molar-refractivity contribution in [3.63, 3.8) is 0 Å². The minimum Gasteiger partial charge on any atom is -0.408 e. The summed E-state index contributed by atoms with van der Waals surface area (Å²) in [6.07, 6.45) is 0. The van der Waals surface area contributed by atoms with Crippen molar-refractivity contribution in [1.82, 2.24) is 10.2 Å². The van der Waals surface area contributed by atoms with Crippen LogP contribution in [0.25, 0.3) is 0 Å². The first-order valence-electron chi connectivity index (χ1n) is 5.29. The van der Waals surface area contributed by atoms with Crippen LogP contribution in [-0.2, 0) is 0 Å². The summed E-state index contributed by atoms with van der Waals surface area (Å²) in [5.41, 5.74) is 4.56. The van der Waals surface area contributed by atoms with E-state index in [0.29, 0.717) is 11.5 Å². The second-order valence-electron chi connectivity index (χ2n) is 3.75. The van der Waals surface area contributed by atoms with Crippen molar-refractivity contribution >= 4 is 17.6 Å². The number of anilines is 2. The van der Waals surface area contributed by atoms with Gasteiger partial charge in [-0.3, -0.25) is 16.0 Å². The molecule has 1 aromatic carbocycles. The third-order valence-electron chi connectivity index (χ3n) is 2.38. The van der Waals surface area contributed by atoms with Gasteiger partial charge in [-0.05, 0) is 30.7 Å². The van der Waals surface area contributed by atoms with E-state index in [0.717, 1.165) is 11.3 Å². The predicted octanol–water partition coefficient (Wildman–Crippen LogP) is 1.22. The molecule has 7 heteroatoms. The van der Waals surface area contributed by atoms with Gasteiger partial charge in [0.1, 0.15) is 0 Å². The number of rotatable bonds is 3. The quantitative estimate of drug-likeness (QED) is 0.556. The lowest BCUT2D eigenvalue weighted by Gasteiger charge is -2.07. The molecule has 0 atom stereocenters. The molecule has 0 aliphatic rings. The van der Waals surface area contributed by atoms with Gasteiger partial charge >= 0.3 is 6.01 Å². The molecule has 18 heavy (non-hydrogen) atoms. The molecule has 2 aromatic rings. The number of hydrazine groups is 1. The van der Waals surface area contributed by atoms with Crippen molar-refractivity contribution in [2.24, 2.45) is 5.84 Å². The van der Waals surface area contributed by atoms with Crippen LogP contribution in [-0.4, -0.2) is 16.1 Å². The van der Waals surface area contributed by atoms with Gasteiger partial charge in [0.05, 0.1) is 0 Å². The average Bonchev–Trinajstić information content (AvgIpc) is 2.74. The molecule has 1 heterocycles. The molecule has 94 valence electrons. The van der Waals surface area contributed by atoms with Crippen LogP contribution >= 0.6 is 0 Å². The molecule has 0 unspecified atom stereocenters. The summed E-state index contributed by atoms with van der Waals surface area (Å²) in [5, 5.41) is 9.85. The van der Waals surface area contributed by atoms with Crippen LogP contribution in [0.4, 0.5) is 11.7 Å². The Labute approximate surface area is 103 Å². The van der Waals surface area contributed by atoms with Crippen molar-refractivity contribution in [1.29, 1.82) is 0 Å². The van der Waals surface area contributed by atoms with Crippen LogP contribution in [0.15, 0.2) is 22.6 Å². The summed E-state index contributed by atoms with van der Waals surface area (Å²) < 4.78 is 5.07. The van der Waals surface area contributed by atoms with Crippen LogP contribution in [0.5, 0.6) is 0 Å². The summed E-state index contributed by atoms with van der Waals surface area (Å²) in [4.78, 5) is 12.0. The van der Waals surface area contributed by atoms with Crippen LogP contribution in [0.3, 0.4) is 0 Å². The van der Waals surface area contributed by atoms with E-state index in [1.165, 1.54) is 0 Å². The number of nitrogens with zero attached hydrogens (tertiary/aromatic N) is 2. The number of benzene rings is 1. The summed E-state index contributed by atoms with van der Waals surface area (Å²) in [6, 6.07) is 5.23. The lowest BCUT2D eigenvalue weighted by atomic mass is 10.1. The second kappa shape index (κ2) is 4.84. The molecular formula is C11H13N5O2. The van der Waals surface area contributed by atoms with Gasteiger partial charge in [-0.2, -0.15) is 0 Å². The number of carbonyl (C=O) groups excluding carboxylic acids is 1. The van der Waals surface area contributed by atoms with Crippen LogP contribution < -0.4 is 16.6 Å². The summed E-state index contributed by atoms with van der Waals surface area (Å²) in [6.45, 7) is 3.46. The van der Waals surface area contributed by atoms with Crippen molar-refractivity contribution in [3.05, 3.63) is 35.2 Å². The molecule has 0 saturated carbocycles. The van der Waals surface area contributed by atoms with E-state index in [4.69, 9.17) is 10.3 Å². The molecule has 0 radical (unpaired) electrons. The van der Waals surface area contributed by atoms with E-state index in [1.54, 1.807) is 25.1 Å². The molecule has 1 amide bonds. The Morgan fingerprint density at radius 2 is 2.11 bits per heavy atom. The van der Waals surface area contributed by atoms with Crippen LogP contribution in [0, 0.1) is 13.8 Å². The predicted molar refractivity (Wildman–Crippen MR) is 66.0 cm³/mol. The number of aryl methyl sites for hydroxylation is 2. The lowest BCUT2D eigenvalue weighted by Crippen LogP contribution is -2.14. The molecule has 7 nitrogen and oxygen atoms in total. The maximum Gasteiger partial charge on any atom is 0.322 e. The number of hydrogen-bond acceptors (Lipinski definition) is 6. The Hall–Kier alpha value is -2.41. The van der Waals surface area contributed by atoms with Gasteiger partial charge in [-0.15, -0.1) is 5.10 Å². The average molecular weight is 247 g/mol. The molecule has 0 saturated heterocycles. The van der Waals surface area contributed by atoms with E-state index >= 15 is 0 Å². The molecule has 1 aromatic heterocycles. The fraction of sp³-hybridized carbons (Fsp3) is 0.182. The van der Waals surface area contributed by atoms with Gasteiger partial charge in [-0.25, -0.2) is 0 Å². The zero-order valence-corrected chi connectivity index (χ0v) is 10.0. The Balaban J connectivity index is 2.18. The van der Waals surface area contributed by atoms with Gasteiger partial charge in [0.15, 0.2) is 0 Å². The number of amides is 1. The molecule has 0 aliphatic heterocycles. The van der Waals surface area contributed by atoms with Gasteiger partial charge in [0.25, 0.3) is 5.91 Å². The maximum absolute atomic E-state index is 12.0. The number of carbonyl (C=O) groups is 1. The highest BCUT2D eigenvalue weighted by Gasteiger charge is 2.12. The Morgan fingerprint density at radius 3 is 2.67 bits per heavy atom. The van der Waals surface area contributed by atoms with Gasteiger partial charge in [0, 0.05) is 18.2 Å². The first kappa shape index (κ1) is 12.1. The molecule has 4 N–H and O–H groups in total. The summed E-state index contributed by atoms with van der Waals surface area (Å²) in [7, 11) is 0. The van der Waals surface area contributed by atoms with E-state index in [1.807, 2.05) is 6.92 Å². The Kier molecular flexibility index (Phi) is 3.24. The topological polar surface area (TPSA) is 106 Å². The largest absolute Gasteiger partial charge is 0.408 e. The minimum atomic E-state index is -0.306. The first-order valence-corrected chi connectivity index (χ1v) is 5.29. The van der Waals surface area contributed by atoms with Crippen molar-refractivity contribution in [3.8, 4) is 0 Å².